The summed E-state index contributed by atoms with van der Waals surface area (Å²) < 4.78 is 10.8. The molecule has 1 unspecified atom stereocenters. The highest BCUT2D eigenvalue weighted by atomic mass is 32.1. The van der Waals surface area contributed by atoms with Gasteiger partial charge in [0, 0.05) is 23.7 Å². The molecule has 2 rings (SSSR count). The molecule has 1 aromatic carbocycles. The van der Waals surface area contributed by atoms with Gasteiger partial charge in [-0.15, -0.1) is 11.3 Å². The van der Waals surface area contributed by atoms with Gasteiger partial charge in [-0.1, -0.05) is 6.07 Å². The number of aryl methyl sites for hydroxylation is 1. The maximum atomic E-state index is 8.83. The molecular weight excluding hydrogens is 300 g/mol. The van der Waals surface area contributed by atoms with Gasteiger partial charge in [0.25, 0.3) is 0 Å². The summed E-state index contributed by atoms with van der Waals surface area (Å²) in [5.41, 5.74) is 1.12. The van der Waals surface area contributed by atoms with E-state index in [9.17, 15) is 0 Å². The molecule has 2 N–H and O–H groups in total. The number of methoxy groups -OCH3 is 1. The van der Waals surface area contributed by atoms with Crippen molar-refractivity contribution in [2.24, 2.45) is 0 Å². The molecular formula is C16H22N2O3S. The Kier molecular flexibility index (Phi) is 6.18. The third kappa shape index (κ3) is 4.43. The van der Waals surface area contributed by atoms with Crippen molar-refractivity contribution in [1.82, 2.24) is 10.3 Å². The van der Waals surface area contributed by atoms with Crippen LogP contribution in [0, 0.1) is 6.92 Å². The van der Waals surface area contributed by atoms with E-state index in [0.717, 1.165) is 17.1 Å². The summed E-state index contributed by atoms with van der Waals surface area (Å²) in [4.78, 5) is 5.48. The van der Waals surface area contributed by atoms with Crippen LogP contribution in [0.1, 0.15) is 28.4 Å². The minimum atomic E-state index is -0.0167. The Morgan fingerprint density at radius 3 is 2.82 bits per heavy atom. The van der Waals surface area contributed by atoms with Gasteiger partial charge in [0.05, 0.1) is 18.7 Å². The van der Waals surface area contributed by atoms with E-state index in [-0.39, 0.29) is 19.3 Å². The summed E-state index contributed by atoms with van der Waals surface area (Å²) in [6, 6.07) is 6.02. The van der Waals surface area contributed by atoms with Crippen molar-refractivity contribution in [1.29, 1.82) is 0 Å². The maximum absolute atomic E-state index is 8.83. The van der Waals surface area contributed by atoms with Gasteiger partial charge >= 0.3 is 0 Å². The molecule has 0 saturated carbocycles. The third-order valence-corrected chi connectivity index (χ3v) is 4.20. The zero-order valence-electron chi connectivity index (χ0n) is 13.1. The summed E-state index contributed by atoms with van der Waals surface area (Å²) in [5.74, 6) is 1.32. The lowest BCUT2D eigenvalue weighted by atomic mass is 10.1. The van der Waals surface area contributed by atoms with Crippen LogP contribution in [0.5, 0.6) is 11.5 Å². The first-order chi connectivity index (χ1) is 10.6. The summed E-state index contributed by atoms with van der Waals surface area (Å²) in [5, 5.41) is 13.4. The maximum Gasteiger partial charge on any atom is 0.161 e. The van der Waals surface area contributed by atoms with Crippen molar-refractivity contribution in [2.45, 2.75) is 26.4 Å². The number of aliphatic hydroxyl groups is 1. The minimum Gasteiger partial charge on any atom is -0.493 e. The van der Waals surface area contributed by atoms with Gasteiger partial charge in [-0.3, -0.25) is 0 Å². The Balaban J connectivity index is 2.01. The predicted molar refractivity (Wildman–Crippen MR) is 87.7 cm³/mol. The van der Waals surface area contributed by atoms with E-state index < -0.39 is 0 Å². The molecule has 1 atom stereocenters. The van der Waals surface area contributed by atoms with E-state index in [2.05, 4.69) is 17.2 Å². The summed E-state index contributed by atoms with van der Waals surface area (Å²) >= 11 is 1.70. The number of aliphatic hydroxyl groups excluding tert-OH is 1. The van der Waals surface area contributed by atoms with Gasteiger partial charge < -0.3 is 19.9 Å². The number of ether oxygens (including phenoxy) is 2. The molecule has 0 bridgehead atoms. The third-order valence-electron chi connectivity index (χ3n) is 3.29. The summed E-state index contributed by atoms with van der Waals surface area (Å²) in [6.07, 6.45) is 1.91. The molecule has 0 aliphatic carbocycles. The Labute approximate surface area is 134 Å². The van der Waals surface area contributed by atoms with E-state index in [4.69, 9.17) is 14.6 Å². The van der Waals surface area contributed by atoms with Gasteiger partial charge in [0.15, 0.2) is 11.5 Å². The molecule has 22 heavy (non-hydrogen) atoms. The lowest BCUT2D eigenvalue weighted by Gasteiger charge is -2.16. The first-order valence-corrected chi connectivity index (χ1v) is 8.02. The fourth-order valence-corrected chi connectivity index (χ4v) is 2.83. The molecule has 0 fully saturated rings. The molecule has 0 spiro atoms. The van der Waals surface area contributed by atoms with Crippen LogP contribution in [0.2, 0.25) is 0 Å². The highest BCUT2D eigenvalue weighted by Gasteiger charge is 2.11. The molecule has 0 amide bonds. The average Bonchev–Trinajstić information content (AvgIpc) is 2.95. The standard InChI is InChI=1S/C16H22N2O3S/c1-11(17-9-14-10-18-12(2)22-14)13-4-5-15(21-7-6-19)16(8-13)20-3/h4-5,8,10-11,17,19H,6-7,9H2,1-3H3. The normalized spacial score (nSPS) is 12.2. The summed E-state index contributed by atoms with van der Waals surface area (Å²) in [6.45, 7) is 5.15. The zero-order valence-corrected chi connectivity index (χ0v) is 13.9. The van der Waals surface area contributed by atoms with Gasteiger partial charge in [-0.05, 0) is 31.5 Å². The van der Waals surface area contributed by atoms with E-state index >= 15 is 0 Å². The number of nitrogens with one attached hydrogen (secondary N) is 1. The second-order valence-corrected chi connectivity index (χ2v) is 6.25. The number of thiazole rings is 1. The lowest BCUT2D eigenvalue weighted by Crippen LogP contribution is -2.17. The van der Waals surface area contributed by atoms with Crippen molar-refractivity contribution < 1.29 is 14.6 Å². The van der Waals surface area contributed by atoms with E-state index in [1.54, 1.807) is 18.4 Å². The number of aromatic nitrogens is 1. The number of benzene rings is 1. The van der Waals surface area contributed by atoms with Crippen molar-refractivity contribution in [3.8, 4) is 11.5 Å². The first-order valence-electron chi connectivity index (χ1n) is 7.20. The number of hydrogen-bond acceptors (Lipinski definition) is 6. The predicted octanol–water partition coefficient (Wildman–Crippen LogP) is 2.68. The second-order valence-electron chi connectivity index (χ2n) is 4.93. The Morgan fingerprint density at radius 1 is 1.36 bits per heavy atom. The molecule has 0 aliphatic heterocycles. The van der Waals surface area contributed by atoms with Crippen molar-refractivity contribution in [3.63, 3.8) is 0 Å². The molecule has 0 aliphatic rings. The molecule has 120 valence electrons. The number of hydrogen-bond donors (Lipinski definition) is 2. The molecule has 6 heteroatoms. The van der Waals surface area contributed by atoms with Crippen LogP contribution < -0.4 is 14.8 Å². The van der Waals surface area contributed by atoms with Gasteiger partial charge in [-0.2, -0.15) is 0 Å². The largest absolute Gasteiger partial charge is 0.493 e. The summed E-state index contributed by atoms with van der Waals surface area (Å²) in [7, 11) is 1.61. The number of nitrogens with zero attached hydrogens (tertiary/aromatic N) is 1. The molecule has 1 aromatic heterocycles. The lowest BCUT2D eigenvalue weighted by molar-refractivity contribution is 0.196. The van der Waals surface area contributed by atoms with Crippen molar-refractivity contribution in [3.05, 3.63) is 39.8 Å². The van der Waals surface area contributed by atoms with Crippen LogP contribution in [0.25, 0.3) is 0 Å². The van der Waals surface area contributed by atoms with Crippen molar-refractivity contribution in [2.75, 3.05) is 20.3 Å². The van der Waals surface area contributed by atoms with E-state index in [1.807, 2.05) is 31.3 Å². The van der Waals surface area contributed by atoms with Gasteiger partial charge in [0.1, 0.15) is 6.61 Å². The smallest absolute Gasteiger partial charge is 0.161 e. The second kappa shape index (κ2) is 8.12. The molecule has 5 nitrogen and oxygen atoms in total. The quantitative estimate of drug-likeness (QED) is 0.782. The molecule has 1 heterocycles. The first kappa shape index (κ1) is 16.7. The van der Waals surface area contributed by atoms with Crippen LogP contribution >= 0.6 is 11.3 Å². The van der Waals surface area contributed by atoms with E-state index in [0.29, 0.717) is 11.5 Å². The van der Waals surface area contributed by atoms with Crippen LogP contribution in [0.15, 0.2) is 24.4 Å². The van der Waals surface area contributed by atoms with E-state index in [1.165, 1.54) is 4.88 Å². The number of rotatable bonds is 8. The van der Waals surface area contributed by atoms with Crippen LogP contribution in [-0.2, 0) is 6.54 Å². The fourth-order valence-electron chi connectivity index (χ4n) is 2.09. The Bertz CT molecular complexity index is 601. The van der Waals surface area contributed by atoms with Gasteiger partial charge in [0.2, 0.25) is 0 Å². The van der Waals surface area contributed by atoms with Crippen molar-refractivity contribution >= 4 is 11.3 Å². The molecule has 0 radical (unpaired) electrons. The van der Waals surface area contributed by atoms with Crippen LogP contribution in [0.3, 0.4) is 0 Å². The molecule has 0 saturated heterocycles. The van der Waals surface area contributed by atoms with Crippen LogP contribution in [-0.4, -0.2) is 30.4 Å². The highest BCUT2D eigenvalue weighted by Crippen LogP contribution is 2.30. The average molecular weight is 322 g/mol. The Hall–Kier alpha value is -1.63. The topological polar surface area (TPSA) is 63.6 Å². The monoisotopic (exact) mass is 322 g/mol. The fraction of sp³-hybridized carbons (Fsp3) is 0.438. The van der Waals surface area contributed by atoms with Crippen LogP contribution in [0.4, 0.5) is 0 Å². The van der Waals surface area contributed by atoms with Gasteiger partial charge in [-0.25, -0.2) is 4.98 Å². The molecule has 2 aromatic rings. The zero-order chi connectivity index (χ0) is 15.9. The minimum absolute atomic E-state index is 0.0167. The SMILES string of the molecule is COc1cc(C(C)NCc2cnc(C)s2)ccc1OCCO. The Morgan fingerprint density at radius 2 is 2.18 bits per heavy atom. The highest BCUT2D eigenvalue weighted by molar-refractivity contribution is 7.11.